The fraction of sp³-hybridized carbons (Fsp3) is 0.174. The number of hydrogen-bond acceptors (Lipinski definition) is 5. The van der Waals surface area contributed by atoms with Crippen LogP contribution in [0.4, 0.5) is 5.69 Å². The van der Waals surface area contributed by atoms with E-state index in [1.54, 1.807) is 53.8 Å². The van der Waals surface area contributed by atoms with E-state index in [1.807, 2.05) is 36.4 Å². The lowest BCUT2D eigenvalue weighted by Crippen LogP contribution is -2.39. The largest absolute Gasteiger partial charge is 0.325 e. The first-order valence-corrected chi connectivity index (χ1v) is 10.2. The fourth-order valence-electron chi connectivity index (χ4n) is 3.41. The maximum absolute atomic E-state index is 12.8. The molecular weight excluding hydrogens is 384 g/mol. The molecule has 0 saturated heterocycles. The molecule has 0 unspecified atom stereocenters. The lowest BCUT2D eigenvalue weighted by molar-refractivity contribution is -0.120. The van der Waals surface area contributed by atoms with Crippen molar-refractivity contribution in [1.29, 1.82) is 0 Å². The monoisotopic (exact) mass is 404 g/mol. The summed E-state index contributed by atoms with van der Waals surface area (Å²) in [6.45, 7) is 2.52. The van der Waals surface area contributed by atoms with Crippen LogP contribution in [0.25, 0.3) is 0 Å². The van der Waals surface area contributed by atoms with Crippen LogP contribution in [0.1, 0.15) is 43.6 Å². The third-order valence-electron chi connectivity index (χ3n) is 5.22. The molecule has 1 aliphatic carbocycles. The zero-order valence-electron chi connectivity index (χ0n) is 16.1. The third-order valence-corrected chi connectivity index (χ3v) is 6.08. The Kier molecular flexibility index (Phi) is 5.13. The van der Waals surface area contributed by atoms with Gasteiger partial charge in [-0.1, -0.05) is 30.3 Å². The number of carbonyl (C=O) groups is 3. The number of nitrogens with zero attached hydrogens (tertiary/aromatic N) is 1. The Bertz CT molecular complexity index is 1110. The number of anilines is 1. The van der Waals surface area contributed by atoms with Crippen LogP contribution in [0.5, 0.6) is 0 Å². The second-order valence-corrected chi connectivity index (χ2v) is 8.16. The molecule has 0 fully saturated rings. The van der Waals surface area contributed by atoms with E-state index in [-0.39, 0.29) is 23.5 Å². The smallest absolute Gasteiger partial charge is 0.241 e. The van der Waals surface area contributed by atoms with E-state index < -0.39 is 0 Å². The second-order valence-electron chi connectivity index (χ2n) is 7.12. The van der Waals surface area contributed by atoms with E-state index in [0.29, 0.717) is 34.5 Å². The lowest BCUT2D eigenvalue weighted by Gasteiger charge is -2.24. The Hall–Kier alpha value is -3.09. The molecule has 2 aromatic carbocycles. The summed E-state index contributed by atoms with van der Waals surface area (Å²) in [5.41, 5.74) is 2.02. The van der Waals surface area contributed by atoms with E-state index in [0.717, 1.165) is 0 Å². The number of rotatable bonds is 5. The number of nitrogens with one attached hydrogen (secondary N) is 1. The van der Waals surface area contributed by atoms with Crippen LogP contribution in [0, 0.1) is 0 Å². The molecular formula is C23H20N2O3S. The Morgan fingerprint density at radius 3 is 2.28 bits per heavy atom. The Morgan fingerprint density at radius 2 is 1.62 bits per heavy atom. The molecule has 1 aromatic heterocycles. The first-order chi connectivity index (χ1) is 14.0. The fourth-order valence-corrected chi connectivity index (χ4v) is 4.18. The molecule has 6 heteroatoms. The Balaban J connectivity index is 1.52. The average Bonchev–Trinajstić information content (AvgIpc) is 3.24. The number of amides is 1. The van der Waals surface area contributed by atoms with Gasteiger partial charge in [0.25, 0.3) is 0 Å². The van der Waals surface area contributed by atoms with Crippen LogP contribution in [0.15, 0.2) is 60.0 Å². The summed E-state index contributed by atoms with van der Waals surface area (Å²) in [6.07, 6.45) is 0. The summed E-state index contributed by atoms with van der Waals surface area (Å²) in [7, 11) is 1.90. The van der Waals surface area contributed by atoms with Crippen molar-refractivity contribution in [2.24, 2.45) is 0 Å². The van der Waals surface area contributed by atoms with Crippen molar-refractivity contribution in [2.75, 3.05) is 12.4 Å². The van der Waals surface area contributed by atoms with Crippen LogP contribution in [-0.4, -0.2) is 35.5 Å². The van der Waals surface area contributed by atoms with Gasteiger partial charge in [0.15, 0.2) is 11.6 Å². The molecule has 1 atom stereocenters. The van der Waals surface area contributed by atoms with Gasteiger partial charge in [-0.2, -0.15) is 0 Å². The maximum Gasteiger partial charge on any atom is 0.241 e. The minimum atomic E-state index is -0.355. The highest BCUT2D eigenvalue weighted by Gasteiger charge is 2.29. The molecule has 1 N–H and O–H groups in total. The zero-order chi connectivity index (χ0) is 20.5. The molecule has 5 nitrogen and oxygen atoms in total. The molecule has 1 amide bonds. The van der Waals surface area contributed by atoms with Crippen LogP contribution in [0.3, 0.4) is 0 Å². The summed E-state index contributed by atoms with van der Waals surface area (Å²) < 4.78 is 0. The molecule has 0 bridgehead atoms. The Labute approximate surface area is 173 Å². The van der Waals surface area contributed by atoms with E-state index in [4.69, 9.17) is 0 Å². The summed E-state index contributed by atoms with van der Waals surface area (Å²) in [5, 5.41) is 4.88. The third kappa shape index (κ3) is 3.64. The van der Waals surface area contributed by atoms with Gasteiger partial charge in [0.1, 0.15) is 0 Å². The summed E-state index contributed by atoms with van der Waals surface area (Å²) >= 11 is 1.65. The zero-order valence-corrected chi connectivity index (χ0v) is 17.0. The van der Waals surface area contributed by atoms with Gasteiger partial charge in [0.2, 0.25) is 5.91 Å². The van der Waals surface area contributed by atoms with Crippen LogP contribution >= 0.6 is 11.3 Å². The minimum absolute atomic E-state index is 0.168. The van der Waals surface area contributed by atoms with Crippen LogP contribution < -0.4 is 5.32 Å². The van der Waals surface area contributed by atoms with Gasteiger partial charge in [-0.3, -0.25) is 19.3 Å². The predicted octanol–water partition coefficient (Wildman–Crippen LogP) is 3.98. The molecule has 4 rings (SSSR count). The highest BCUT2D eigenvalue weighted by molar-refractivity contribution is 7.09. The number of ketones is 2. The van der Waals surface area contributed by atoms with Crippen molar-refractivity contribution in [3.63, 3.8) is 0 Å². The van der Waals surface area contributed by atoms with Crippen LogP contribution in [-0.2, 0) is 11.3 Å². The summed E-state index contributed by atoms with van der Waals surface area (Å²) in [6, 6.07) is 15.4. The number of thiophene rings is 1. The van der Waals surface area contributed by atoms with Gasteiger partial charge in [0.05, 0.1) is 6.04 Å². The molecule has 1 aliphatic rings. The number of fused-ring (bicyclic) bond motifs is 2. The summed E-state index contributed by atoms with van der Waals surface area (Å²) in [4.78, 5) is 41.4. The van der Waals surface area contributed by atoms with Crippen molar-refractivity contribution in [2.45, 2.75) is 19.5 Å². The van der Waals surface area contributed by atoms with E-state index in [2.05, 4.69) is 5.32 Å². The molecule has 1 heterocycles. The van der Waals surface area contributed by atoms with Crippen molar-refractivity contribution in [3.05, 3.63) is 87.1 Å². The van der Waals surface area contributed by atoms with Crippen molar-refractivity contribution >= 4 is 34.5 Å². The molecule has 3 aromatic rings. The van der Waals surface area contributed by atoms with E-state index >= 15 is 0 Å². The molecule has 0 saturated carbocycles. The van der Waals surface area contributed by atoms with Crippen LogP contribution in [0.2, 0.25) is 0 Å². The van der Waals surface area contributed by atoms with E-state index in [1.165, 1.54) is 4.88 Å². The first kappa shape index (κ1) is 19.2. The van der Waals surface area contributed by atoms with Gasteiger partial charge in [-0.15, -0.1) is 11.3 Å². The van der Waals surface area contributed by atoms with Gasteiger partial charge < -0.3 is 5.32 Å². The maximum atomic E-state index is 12.8. The molecule has 0 spiro atoms. The predicted molar refractivity (Wildman–Crippen MR) is 114 cm³/mol. The lowest BCUT2D eigenvalue weighted by atomic mass is 9.84. The standard InChI is InChI=1S/C23H20N2O3S/c1-14(25(2)13-16-6-5-11-29-16)23(28)24-15-9-10-19-20(12-15)22(27)18-8-4-3-7-17(18)21(19)26/h3-12,14H,13H2,1-2H3,(H,24,28)/t14-/m0/s1. The van der Waals surface area contributed by atoms with Crippen molar-refractivity contribution in [1.82, 2.24) is 4.90 Å². The normalized spacial score (nSPS) is 13.8. The van der Waals surface area contributed by atoms with Gasteiger partial charge in [-0.05, 0) is 43.6 Å². The first-order valence-electron chi connectivity index (χ1n) is 9.31. The number of likely N-dealkylation sites (N-methyl/N-ethyl adjacent to an activating group) is 1. The number of hydrogen-bond donors (Lipinski definition) is 1. The molecule has 146 valence electrons. The van der Waals surface area contributed by atoms with E-state index in [9.17, 15) is 14.4 Å². The van der Waals surface area contributed by atoms with Gasteiger partial charge >= 0.3 is 0 Å². The molecule has 0 radical (unpaired) electrons. The van der Waals surface area contributed by atoms with Crippen molar-refractivity contribution in [3.8, 4) is 0 Å². The average molecular weight is 404 g/mol. The quantitative estimate of drug-likeness (QED) is 0.546. The van der Waals surface area contributed by atoms with Gasteiger partial charge in [0, 0.05) is 39.4 Å². The Morgan fingerprint density at radius 1 is 0.966 bits per heavy atom. The second kappa shape index (κ2) is 7.73. The SMILES string of the molecule is C[C@@H](C(=O)Nc1ccc2c(c1)C(=O)c1ccccc1C2=O)N(C)Cc1cccs1. The van der Waals surface area contributed by atoms with Crippen molar-refractivity contribution < 1.29 is 14.4 Å². The number of benzene rings is 2. The topological polar surface area (TPSA) is 66.5 Å². The van der Waals surface area contributed by atoms with Gasteiger partial charge in [-0.25, -0.2) is 0 Å². The molecule has 0 aliphatic heterocycles. The molecule has 29 heavy (non-hydrogen) atoms. The number of carbonyl (C=O) groups excluding carboxylic acids is 3. The highest BCUT2D eigenvalue weighted by Crippen LogP contribution is 2.29. The highest BCUT2D eigenvalue weighted by atomic mass is 32.1. The summed E-state index contributed by atoms with van der Waals surface area (Å²) in [5.74, 6) is -0.537. The minimum Gasteiger partial charge on any atom is -0.325 e.